The summed E-state index contributed by atoms with van der Waals surface area (Å²) in [5, 5.41) is 0. The van der Waals surface area contributed by atoms with Gasteiger partial charge in [-0.05, 0) is 81.1 Å². The molecule has 0 bridgehead atoms. The van der Waals surface area contributed by atoms with E-state index in [1.807, 2.05) is 0 Å². The Hall–Kier alpha value is 0.620. The van der Waals surface area contributed by atoms with Crippen molar-refractivity contribution in [1.82, 2.24) is 4.90 Å². The van der Waals surface area contributed by atoms with Crippen LogP contribution < -0.4 is 0 Å². The van der Waals surface area contributed by atoms with E-state index in [-0.39, 0.29) is 30.6 Å². The van der Waals surface area contributed by atoms with Gasteiger partial charge in [0.2, 0.25) is 0 Å². The van der Waals surface area contributed by atoms with E-state index >= 15 is 0 Å². The Bertz CT molecular complexity index is 462. The molecule has 6 nitrogen and oxygen atoms in total. The Morgan fingerprint density at radius 1 is 0.600 bits per heavy atom. The minimum Gasteiger partial charge on any atom is -0.363 e. The second-order valence-electron chi connectivity index (χ2n) is 10.1. The Kier molecular flexibility index (Phi) is 19.1. The molecule has 0 amide bonds. The molecular weight excluding hydrogens is 480 g/mol. The summed E-state index contributed by atoms with van der Waals surface area (Å²) in [5.74, 6) is 0. The molecule has 3 atom stereocenters. The largest absolute Gasteiger partial charge is 0.363 e. The molecule has 8 heteroatoms. The second-order valence-corrected chi connectivity index (χ2v) is 13.3. The van der Waals surface area contributed by atoms with E-state index in [0.717, 1.165) is 51.3 Å². The average molecular weight is 540 g/mol. The highest BCUT2D eigenvalue weighted by atomic mass is 31.1. The smallest absolute Gasteiger partial charge is 0.184 e. The molecule has 0 aliphatic heterocycles. The number of hydrogen-bond acceptors (Lipinski definition) is 6. The van der Waals surface area contributed by atoms with Gasteiger partial charge in [-0.15, -0.1) is 0 Å². The lowest BCUT2D eigenvalue weighted by atomic mass is 10.3. The molecule has 0 spiro atoms. The molecule has 3 unspecified atom stereocenters. The molecule has 0 aromatic rings. The van der Waals surface area contributed by atoms with Crippen LogP contribution in [-0.4, -0.2) is 78.6 Å². The maximum Gasteiger partial charge on any atom is 0.184 e. The summed E-state index contributed by atoms with van der Waals surface area (Å²) in [4.78, 5) is 2.50. The molecule has 0 saturated heterocycles. The van der Waals surface area contributed by atoms with Crippen LogP contribution in [0.3, 0.4) is 0 Å². The van der Waals surface area contributed by atoms with Crippen LogP contribution in [0.25, 0.3) is 0 Å². The van der Waals surface area contributed by atoms with Crippen LogP contribution in [0.5, 0.6) is 0 Å². The molecule has 0 heterocycles. The predicted octanol–water partition coefficient (Wildman–Crippen LogP) is 7.25. The Morgan fingerprint density at radius 3 is 1.17 bits per heavy atom. The normalized spacial score (nSPS) is 15.0. The molecule has 0 aromatic heterocycles. The van der Waals surface area contributed by atoms with Crippen molar-refractivity contribution < 1.29 is 23.7 Å². The van der Waals surface area contributed by atoms with Gasteiger partial charge in [-0.1, -0.05) is 37.9 Å². The van der Waals surface area contributed by atoms with Gasteiger partial charge >= 0.3 is 0 Å². The third-order valence-corrected chi connectivity index (χ3v) is 8.54. The van der Waals surface area contributed by atoms with E-state index in [4.69, 9.17) is 23.7 Å². The molecule has 0 aliphatic carbocycles. The van der Waals surface area contributed by atoms with Gasteiger partial charge in [0.1, 0.15) is 6.23 Å². The lowest BCUT2D eigenvalue weighted by Crippen LogP contribution is -2.42. The molecule has 0 rings (SSSR count). The van der Waals surface area contributed by atoms with Crippen LogP contribution in [0.2, 0.25) is 0 Å². The maximum absolute atomic E-state index is 6.34. The van der Waals surface area contributed by atoms with Crippen LogP contribution in [0, 0.1) is 0 Å². The zero-order valence-corrected chi connectivity index (χ0v) is 27.0. The molecule has 0 N–H and O–H groups in total. The SMILES string of the molecule is CCOC(CC)N(CCPC(CC)(OC(C)C)OC(C)C)CCPC(CC)(OC(C)C)OC(C)C. The van der Waals surface area contributed by atoms with E-state index < -0.39 is 11.1 Å². The fraction of sp³-hybridized carbons (Fsp3) is 1.00. The third-order valence-electron chi connectivity index (χ3n) is 5.34. The second kappa shape index (κ2) is 18.8. The molecule has 212 valence electrons. The molecule has 35 heavy (non-hydrogen) atoms. The molecular formula is C27H59NO5P2. The topological polar surface area (TPSA) is 49.4 Å². The summed E-state index contributed by atoms with van der Waals surface area (Å²) < 4.78 is 31.5. The van der Waals surface area contributed by atoms with E-state index in [0.29, 0.717) is 17.2 Å². The molecule has 0 radical (unpaired) electrons. The lowest BCUT2D eigenvalue weighted by Gasteiger charge is -2.39. The van der Waals surface area contributed by atoms with E-state index in [1.165, 1.54) is 0 Å². The molecule has 0 saturated carbocycles. The van der Waals surface area contributed by atoms with Crippen molar-refractivity contribution in [3.8, 4) is 0 Å². The summed E-state index contributed by atoms with van der Waals surface area (Å²) in [6, 6.07) is 0. The first kappa shape index (κ1) is 35.6. The average Bonchev–Trinajstić information content (AvgIpc) is 2.74. The number of ether oxygens (including phenoxy) is 5. The molecule has 0 fully saturated rings. The molecule has 0 aliphatic rings. The van der Waals surface area contributed by atoms with Crippen LogP contribution in [-0.2, 0) is 23.7 Å². The van der Waals surface area contributed by atoms with Crippen molar-refractivity contribution in [2.75, 3.05) is 32.0 Å². The van der Waals surface area contributed by atoms with Gasteiger partial charge in [-0.25, -0.2) is 0 Å². The van der Waals surface area contributed by atoms with Crippen molar-refractivity contribution in [3.05, 3.63) is 0 Å². The predicted molar refractivity (Wildman–Crippen MR) is 155 cm³/mol. The lowest BCUT2D eigenvalue weighted by molar-refractivity contribution is -0.211. The van der Waals surface area contributed by atoms with Gasteiger partial charge in [0, 0.05) is 32.5 Å². The minimum atomic E-state index is -0.503. The van der Waals surface area contributed by atoms with Crippen molar-refractivity contribution in [1.29, 1.82) is 0 Å². The van der Waals surface area contributed by atoms with Crippen LogP contribution in [0.4, 0.5) is 0 Å². The van der Waals surface area contributed by atoms with Crippen LogP contribution in [0.15, 0.2) is 0 Å². The van der Waals surface area contributed by atoms with Gasteiger partial charge < -0.3 is 23.7 Å². The zero-order valence-electron chi connectivity index (χ0n) is 25.0. The molecule has 0 aromatic carbocycles. The van der Waals surface area contributed by atoms with Crippen molar-refractivity contribution in [2.45, 2.75) is 144 Å². The van der Waals surface area contributed by atoms with E-state index in [1.54, 1.807) is 0 Å². The minimum absolute atomic E-state index is 0.121. The summed E-state index contributed by atoms with van der Waals surface area (Å²) >= 11 is 0. The Balaban J connectivity index is 5.38. The van der Waals surface area contributed by atoms with Crippen LogP contribution >= 0.6 is 17.2 Å². The summed E-state index contributed by atoms with van der Waals surface area (Å²) in [6.45, 7) is 28.0. The van der Waals surface area contributed by atoms with Gasteiger partial charge in [0.25, 0.3) is 0 Å². The quantitative estimate of drug-likeness (QED) is 0.107. The fourth-order valence-electron chi connectivity index (χ4n) is 4.18. The fourth-order valence-corrected chi connectivity index (χ4v) is 7.52. The van der Waals surface area contributed by atoms with Gasteiger partial charge in [0.15, 0.2) is 11.1 Å². The first-order chi connectivity index (χ1) is 16.4. The van der Waals surface area contributed by atoms with Crippen LogP contribution in [0.1, 0.15) is 102 Å². The highest BCUT2D eigenvalue weighted by Gasteiger charge is 2.34. The van der Waals surface area contributed by atoms with Gasteiger partial charge in [0.05, 0.1) is 24.4 Å². The zero-order chi connectivity index (χ0) is 27.1. The number of rotatable bonds is 22. The van der Waals surface area contributed by atoms with E-state index in [2.05, 4.69) is 88.0 Å². The van der Waals surface area contributed by atoms with Crippen molar-refractivity contribution in [3.63, 3.8) is 0 Å². The summed E-state index contributed by atoms with van der Waals surface area (Å²) in [7, 11) is 1.13. The first-order valence-corrected chi connectivity index (χ1v) is 16.4. The van der Waals surface area contributed by atoms with Gasteiger partial charge in [-0.3, -0.25) is 4.90 Å². The van der Waals surface area contributed by atoms with Gasteiger partial charge in [-0.2, -0.15) is 0 Å². The Morgan fingerprint density at radius 2 is 0.943 bits per heavy atom. The van der Waals surface area contributed by atoms with E-state index in [9.17, 15) is 0 Å². The number of hydrogen-bond donors (Lipinski definition) is 0. The van der Waals surface area contributed by atoms with Crippen molar-refractivity contribution >= 4 is 17.2 Å². The highest BCUT2D eigenvalue weighted by Crippen LogP contribution is 2.41. The first-order valence-electron chi connectivity index (χ1n) is 13.9. The summed E-state index contributed by atoms with van der Waals surface area (Å²) in [6.07, 6.45) is 5.36. The monoisotopic (exact) mass is 539 g/mol. The summed E-state index contributed by atoms with van der Waals surface area (Å²) in [5.41, 5.74) is -1.01. The number of nitrogens with zero attached hydrogens (tertiary/aromatic N) is 1. The maximum atomic E-state index is 6.34. The highest BCUT2D eigenvalue weighted by molar-refractivity contribution is 7.39. The third kappa shape index (κ3) is 15.0. The Labute approximate surface area is 221 Å². The van der Waals surface area contributed by atoms with Crippen molar-refractivity contribution in [2.24, 2.45) is 0 Å². The standard InChI is InChI=1S/C27H59NO5P2/c1-13-25(29-16-4)28(17-19-34-26(14-2,30-21(5)6)31-22(7)8)18-20-35-27(15-3,32-23(9)10)33-24(11)12/h21-25,34-35H,13-20H2,1-12H3.